The van der Waals surface area contributed by atoms with Crippen molar-refractivity contribution in [1.82, 2.24) is 4.98 Å². The summed E-state index contributed by atoms with van der Waals surface area (Å²) >= 11 is 0. The van der Waals surface area contributed by atoms with Crippen LogP contribution in [-0.4, -0.2) is 16.1 Å². The minimum Gasteiger partial charge on any atom is -0.477 e. The first-order valence-corrected chi connectivity index (χ1v) is 5.29. The standard InChI is InChI=1S/C14H10FNO2/c15-11-7-4-10(5-8-11)6-9-12-2-1-3-13(16-12)14(17)18/h1-9H,(H,17,18). The van der Waals surface area contributed by atoms with Gasteiger partial charge in [-0.1, -0.05) is 24.3 Å². The van der Waals surface area contributed by atoms with Crippen molar-refractivity contribution in [3.05, 3.63) is 65.2 Å². The maximum Gasteiger partial charge on any atom is 0.354 e. The Hall–Kier alpha value is -2.49. The molecule has 0 atom stereocenters. The number of aromatic nitrogens is 1. The zero-order valence-electron chi connectivity index (χ0n) is 9.38. The molecule has 0 aliphatic carbocycles. The van der Waals surface area contributed by atoms with E-state index in [1.54, 1.807) is 36.4 Å². The van der Waals surface area contributed by atoms with Crippen molar-refractivity contribution in [2.24, 2.45) is 0 Å². The number of carboxylic acids is 1. The summed E-state index contributed by atoms with van der Waals surface area (Å²) in [4.78, 5) is 14.7. The highest BCUT2D eigenvalue weighted by Gasteiger charge is 2.02. The molecule has 1 aromatic heterocycles. The lowest BCUT2D eigenvalue weighted by atomic mass is 10.2. The Morgan fingerprint density at radius 3 is 2.50 bits per heavy atom. The number of carbonyl (C=O) groups is 1. The quantitative estimate of drug-likeness (QED) is 0.901. The van der Waals surface area contributed by atoms with Crippen molar-refractivity contribution in [2.75, 3.05) is 0 Å². The Morgan fingerprint density at radius 1 is 1.11 bits per heavy atom. The molecule has 0 amide bonds. The van der Waals surface area contributed by atoms with Crippen molar-refractivity contribution in [2.45, 2.75) is 0 Å². The molecular formula is C14H10FNO2. The van der Waals surface area contributed by atoms with Crippen LogP contribution in [0.4, 0.5) is 4.39 Å². The van der Waals surface area contributed by atoms with E-state index in [0.29, 0.717) is 5.69 Å². The number of benzene rings is 1. The second-order valence-corrected chi connectivity index (χ2v) is 3.64. The van der Waals surface area contributed by atoms with Gasteiger partial charge in [-0.05, 0) is 35.9 Å². The summed E-state index contributed by atoms with van der Waals surface area (Å²) in [5.74, 6) is -1.36. The predicted octanol–water partition coefficient (Wildman–Crippen LogP) is 3.09. The van der Waals surface area contributed by atoms with Gasteiger partial charge in [0.1, 0.15) is 11.5 Å². The Morgan fingerprint density at radius 2 is 1.83 bits per heavy atom. The predicted molar refractivity (Wildman–Crippen MR) is 66.5 cm³/mol. The molecule has 0 fully saturated rings. The fourth-order valence-corrected chi connectivity index (χ4v) is 1.42. The topological polar surface area (TPSA) is 50.2 Å². The number of hydrogen-bond donors (Lipinski definition) is 1. The highest BCUT2D eigenvalue weighted by Crippen LogP contribution is 2.08. The summed E-state index contributed by atoms with van der Waals surface area (Å²) in [6.45, 7) is 0. The van der Waals surface area contributed by atoms with Crippen LogP contribution in [0.2, 0.25) is 0 Å². The van der Waals surface area contributed by atoms with Gasteiger partial charge in [-0.3, -0.25) is 0 Å². The molecule has 2 aromatic rings. The molecule has 0 bridgehead atoms. The van der Waals surface area contributed by atoms with Gasteiger partial charge in [-0.15, -0.1) is 0 Å². The summed E-state index contributed by atoms with van der Waals surface area (Å²) in [5, 5.41) is 8.80. The number of pyridine rings is 1. The maximum absolute atomic E-state index is 12.7. The molecule has 0 aliphatic rings. The molecule has 2 rings (SSSR count). The van der Waals surface area contributed by atoms with Crippen molar-refractivity contribution in [3.8, 4) is 0 Å². The zero-order valence-corrected chi connectivity index (χ0v) is 9.38. The SMILES string of the molecule is O=C(O)c1cccc(C=Cc2ccc(F)cc2)n1. The summed E-state index contributed by atoms with van der Waals surface area (Å²) < 4.78 is 12.7. The van der Waals surface area contributed by atoms with E-state index in [2.05, 4.69) is 4.98 Å². The molecule has 90 valence electrons. The van der Waals surface area contributed by atoms with E-state index < -0.39 is 5.97 Å². The fourth-order valence-electron chi connectivity index (χ4n) is 1.42. The van der Waals surface area contributed by atoms with Crippen molar-refractivity contribution >= 4 is 18.1 Å². The smallest absolute Gasteiger partial charge is 0.354 e. The minimum absolute atomic E-state index is 0.00347. The molecule has 18 heavy (non-hydrogen) atoms. The number of hydrogen-bond acceptors (Lipinski definition) is 2. The molecule has 0 aliphatic heterocycles. The number of halogens is 1. The van der Waals surface area contributed by atoms with Crippen LogP contribution in [0.15, 0.2) is 42.5 Å². The summed E-state index contributed by atoms with van der Waals surface area (Å²) in [7, 11) is 0. The molecule has 1 N–H and O–H groups in total. The van der Waals surface area contributed by atoms with Crippen molar-refractivity contribution in [3.63, 3.8) is 0 Å². The Kier molecular flexibility index (Phi) is 3.48. The molecule has 3 nitrogen and oxygen atoms in total. The highest BCUT2D eigenvalue weighted by atomic mass is 19.1. The zero-order chi connectivity index (χ0) is 13.0. The molecule has 4 heteroatoms. The lowest BCUT2D eigenvalue weighted by Gasteiger charge is -1.96. The van der Waals surface area contributed by atoms with Gasteiger partial charge < -0.3 is 5.11 Å². The number of nitrogens with zero attached hydrogens (tertiary/aromatic N) is 1. The first kappa shape index (κ1) is 12.0. The van der Waals surface area contributed by atoms with Gasteiger partial charge in [0, 0.05) is 0 Å². The minimum atomic E-state index is -1.06. The van der Waals surface area contributed by atoms with Gasteiger partial charge in [-0.25, -0.2) is 14.2 Å². The Bertz CT molecular complexity index is 591. The van der Waals surface area contributed by atoms with E-state index in [9.17, 15) is 9.18 Å². The fraction of sp³-hybridized carbons (Fsp3) is 0. The van der Waals surface area contributed by atoms with E-state index in [-0.39, 0.29) is 11.5 Å². The van der Waals surface area contributed by atoms with Gasteiger partial charge in [-0.2, -0.15) is 0 Å². The second-order valence-electron chi connectivity index (χ2n) is 3.64. The van der Waals surface area contributed by atoms with Gasteiger partial charge in [0.15, 0.2) is 0 Å². The third-order valence-corrected chi connectivity index (χ3v) is 2.31. The van der Waals surface area contributed by atoms with Crippen LogP contribution in [0.1, 0.15) is 21.7 Å². The van der Waals surface area contributed by atoms with Crippen LogP contribution in [-0.2, 0) is 0 Å². The molecular weight excluding hydrogens is 233 g/mol. The van der Waals surface area contributed by atoms with Crippen LogP contribution in [0.5, 0.6) is 0 Å². The van der Waals surface area contributed by atoms with Gasteiger partial charge in [0.2, 0.25) is 0 Å². The molecule has 0 unspecified atom stereocenters. The molecule has 1 aromatic carbocycles. The number of aromatic carboxylic acids is 1. The van der Waals surface area contributed by atoms with Crippen molar-refractivity contribution in [1.29, 1.82) is 0 Å². The van der Waals surface area contributed by atoms with E-state index in [1.807, 2.05) is 0 Å². The summed E-state index contributed by atoms with van der Waals surface area (Å²) in [6.07, 6.45) is 3.42. The average molecular weight is 243 g/mol. The average Bonchev–Trinajstić information content (AvgIpc) is 2.38. The summed E-state index contributed by atoms with van der Waals surface area (Å²) in [5.41, 5.74) is 1.36. The number of rotatable bonds is 3. The van der Waals surface area contributed by atoms with Gasteiger partial charge in [0.25, 0.3) is 0 Å². The van der Waals surface area contributed by atoms with E-state index >= 15 is 0 Å². The van der Waals surface area contributed by atoms with E-state index in [0.717, 1.165) is 5.56 Å². The van der Waals surface area contributed by atoms with Crippen LogP contribution < -0.4 is 0 Å². The van der Waals surface area contributed by atoms with Crippen LogP contribution >= 0.6 is 0 Å². The van der Waals surface area contributed by atoms with Crippen LogP contribution in [0.3, 0.4) is 0 Å². The molecule has 0 saturated carbocycles. The monoisotopic (exact) mass is 243 g/mol. The Balaban J connectivity index is 2.20. The molecule has 0 saturated heterocycles. The van der Waals surface area contributed by atoms with Gasteiger partial charge >= 0.3 is 5.97 Å². The largest absolute Gasteiger partial charge is 0.477 e. The van der Waals surface area contributed by atoms with Gasteiger partial charge in [0.05, 0.1) is 5.69 Å². The molecule has 0 radical (unpaired) electrons. The van der Waals surface area contributed by atoms with Crippen LogP contribution in [0.25, 0.3) is 12.2 Å². The normalized spacial score (nSPS) is 10.7. The first-order valence-electron chi connectivity index (χ1n) is 5.29. The highest BCUT2D eigenvalue weighted by molar-refractivity contribution is 5.85. The second kappa shape index (κ2) is 5.23. The lowest BCUT2D eigenvalue weighted by Crippen LogP contribution is -2.00. The van der Waals surface area contributed by atoms with E-state index in [1.165, 1.54) is 18.2 Å². The summed E-state index contributed by atoms with van der Waals surface area (Å²) in [6, 6.07) is 10.7. The van der Waals surface area contributed by atoms with E-state index in [4.69, 9.17) is 5.11 Å². The Labute approximate surface area is 103 Å². The molecule has 0 spiro atoms. The lowest BCUT2D eigenvalue weighted by molar-refractivity contribution is 0.0690. The third kappa shape index (κ3) is 3.01. The maximum atomic E-state index is 12.7. The third-order valence-electron chi connectivity index (χ3n) is 2.31. The number of carboxylic acid groups (broad SMARTS) is 1. The van der Waals surface area contributed by atoms with Crippen LogP contribution in [0, 0.1) is 5.82 Å². The first-order chi connectivity index (χ1) is 8.65. The van der Waals surface area contributed by atoms with Crippen molar-refractivity contribution < 1.29 is 14.3 Å². The molecule has 1 heterocycles.